The van der Waals surface area contributed by atoms with Gasteiger partial charge in [0.15, 0.2) is 0 Å². The Hall–Kier alpha value is -1.69. The number of nitrogens with zero attached hydrogens (tertiary/aromatic N) is 1. The fourth-order valence-corrected chi connectivity index (χ4v) is 3.67. The molecule has 2 rings (SSSR count). The molecule has 1 heterocycles. The monoisotopic (exact) mass is 337 g/mol. The first-order valence-electron chi connectivity index (χ1n) is 7.85. The van der Waals surface area contributed by atoms with Crippen LogP contribution in [0.5, 0.6) is 0 Å². The van der Waals surface area contributed by atoms with Gasteiger partial charge in [-0.05, 0) is 42.9 Å². The molecule has 2 atom stereocenters. The van der Waals surface area contributed by atoms with E-state index in [0.29, 0.717) is 30.8 Å². The molecule has 5 nitrogen and oxygen atoms in total. The van der Waals surface area contributed by atoms with Crippen LogP contribution in [0, 0.1) is 5.92 Å². The third-order valence-corrected chi connectivity index (χ3v) is 4.86. The van der Waals surface area contributed by atoms with E-state index in [1.807, 2.05) is 23.1 Å². The molecule has 0 aromatic heterocycles. The van der Waals surface area contributed by atoms with Gasteiger partial charge in [-0.2, -0.15) is 0 Å². The van der Waals surface area contributed by atoms with Crippen LogP contribution in [0.25, 0.3) is 0 Å². The van der Waals surface area contributed by atoms with E-state index in [-0.39, 0.29) is 18.2 Å². The number of carboxylic acids is 1. The maximum Gasteiger partial charge on any atom is 0.303 e. The molecular formula is C17H23NO4S. The molecule has 23 heavy (non-hydrogen) atoms. The summed E-state index contributed by atoms with van der Waals surface area (Å²) in [6, 6.07) is 7.29. The van der Waals surface area contributed by atoms with E-state index < -0.39 is 16.8 Å². The minimum absolute atomic E-state index is 0.0197. The molecule has 1 saturated heterocycles. The minimum atomic E-state index is -0.936. The summed E-state index contributed by atoms with van der Waals surface area (Å²) in [6.45, 7) is 1.34. The van der Waals surface area contributed by atoms with Gasteiger partial charge in [-0.15, -0.1) is 0 Å². The number of carboxylic acid groups (broad SMARTS) is 1. The van der Waals surface area contributed by atoms with Gasteiger partial charge in [0.2, 0.25) is 0 Å². The van der Waals surface area contributed by atoms with Crippen molar-refractivity contribution >= 4 is 22.7 Å². The van der Waals surface area contributed by atoms with Gasteiger partial charge in [0, 0.05) is 47.9 Å². The Bertz CT molecular complexity index is 602. The van der Waals surface area contributed by atoms with Crippen molar-refractivity contribution in [3.05, 3.63) is 35.4 Å². The van der Waals surface area contributed by atoms with Crippen molar-refractivity contribution in [2.75, 3.05) is 19.3 Å². The molecule has 1 amide bonds. The molecule has 6 heteroatoms. The first kappa shape index (κ1) is 17.7. The lowest BCUT2D eigenvalue weighted by molar-refractivity contribution is -0.137. The first-order chi connectivity index (χ1) is 11.0. The first-order valence-corrected chi connectivity index (χ1v) is 9.58. The van der Waals surface area contributed by atoms with Gasteiger partial charge in [0.1, 0.15) is 0 Å². The summed E-state index contributed by atoms with van der Waals surface area (Å²) >= 11 is 0. The Labute approximate surface area is 139 Å². The second-order valence-corrected chi connectivity index (χ2v) is 7.54. The number of carbonyl (C=O) groups is 2. The molecule has 0 aliphatic carbocycles. The number of likely N-dealkylation sites (tertiary alicyclic amines) is 1. The number of carbonyl (C=O) groups excluding carboxylic acids is 1. The average molecular weight is 337 g/mol. The highest BCUT2D eigenvalue weighted by molar-refractivity contribution is 7.83. The van der Waals surface area contributed by atoms with Crippen molar-refractivity contribution < 1.29 is 18.9 Å². The van der Waals surface area contributed by atoms with Crippen LogP contribution >= 0.6 is 0 Å². The van der Waals surface area contributed by atoms with Gasteiger partial charge in [-0.3, -0.25) is 13.8 Å². The maximum absolute atomic E-state index is 12.7. The molecule has 0 spiro atoms. The van der Waals surface area contributed by atoms with Crippen LogP contribution in [-0.4, -0.2) is 45.4 Å². The second kappa shape index (κ2) is 8.24. The van der Waals surface area contributed by atoms with Crippen LogP contribution in [0.2, 0.25) is 0 Å². The number of aliphatic carboxylic acids is 1. The lowest BCUT2D eigenvalue weighted by Crippen LogP contribution is -2.40. The van der Waals surface area contributed by atoms with Gasteiger partial charge in [-0.1, -0.05) is 12.1 Å². The van der Waals surface area contributed by atoms with Gasteiger partial charge >= 0.3 is 5.97 Å². The Morgan fingerprint density at radius 2 is 2.17 bits per heavy atom. The number of rotatable bonds is 6. The van der Waals surface area contributed by atoms with Gasteiger partial charge < -0.3 is 10.0 Å². The molecule has 1 aromatic rings. The summed E-state index contributed by atoms with van der Waals surface area (Å²) in [7, 11) is -0.936. The number of piperidine rings is 1. The number of benzene rings is 1. The minimum Gasteiger partial charge on any atom is -0.481 e. The van der Waals surface area contributed by atoms with Crippen LogP contribution in [-0.2, 0) is 21.3 Å². The molecule has 0 saturated carbocycles. The summed E-state index contributed by atoms with van der Waals surface area (Å²) in [6.07, 6.45) is 4.31. The van der Waals surface area contributed by atoms with E-state index >= 15 is 0 Å². The molecule has 1 aliphatic heterocycles. The zero-order chi connectivity index (χ0) is 16.8. The highest BCUT2D eigenvalue weighted by Crippen LogP contribution is 2.22. The van der Waals surface area contributed by atoms with Crippen molar-refractivity contribution in [3.63, 3.8) is 0 Å². The standard InChI is InChI=1S/C17H23NO4S/c1-23(22)12-14-4-2-6-15(10-14)17(21)18-9-3-5-13(11-18)7-8-16(19)20/h2,4,6,10,13H,3,5,7-9,11-12H2,1H3,(H,19,20). The van der Waals surface area contributed by atoms with E-state index in [1.165, 1.54) is 0 Å². The fourth-order valence-electron chi connectivity index (χ4n) is 3.02. The molecular weight excluding hydrogens is 314 g/mol. The van der Waals surface area contributed by atoms with Crippen molar-refractivity contribution in [1.82, 2.24) is 4.90 Å². The number of hydrogen-bond acceptors (Lipinski definition) is 3. The SMILES string of the molecule is CS(=O)Cc1cccc(C(=O)N2CCCC(CCC(=O)O)C2)c1. The number of hydrogen-bond donors (Lipinski definition) is 1. The molecule has 0 radical (unpaired) electrons. The predicted octanol–water partition coefficient (Wildman–Crippen LogP) is 2.28. The van der Waals surface area contributed by atoms with E-state index in [1.54, 1.807) is 12.3 Å². The molecule has 1 aliphatic rings. The second-order valence-electron chi connectivity index (χ2n) is 6.11. The van der Waals surface area contributed by atoms with E-state index in [0.717, 1.165) is 18.4 Å². The van der Waals surface area contributed by atoms with Gasteiger partial charge in [0.05, 0.1) is 0 Å². The summed E-state index contributed by atoms with van der Waals surface area (Å²) < 4.78 is 11.3. The smallest absolute Gasteiger partial charge is 0.303 e. The molecule has 1 fully saturated rings. The summed E-state index contributed by atoms with van der Waals surface area (Å²) in [4.78, 5) is 25.2. The molecule has 1 N–H and O–H groups in total. The molecule has 1 aromatic carbocycles. The predicted molar refractivity (Wildman–Crippen MR) is 89.7 cm³/mol. The van der Waals surface area contributed by atoms with Crippen molar-refractivity contribution in [3.8, 4) is 0 Å². The zero-order valence-electron chi connectivity index (χ0n) is 13.4. The van der Waals surface area contributed by atoms with Crippen LogP contribution in [0.3, 0.4) is 0 Å². The Kier molecular flexibility index (Phi) is 6.33. The van der Waals surface area contributed by atoms with E-state index in [4.69, 9.17) is 5.11 Å². The highest BCUT2D eigenvalue weighted by Gasteiger charge is 2.24. The van der Waals surface area contributed by atoms with Crippen molar-refractivity contribution in [2.45, 2.75) is 31.4 Å². The Morgan fingerprint density at radius 3 is 2.87 bits per heavy atom. The normalized spacial score (nSPS) is 19.3. The lowest BCUT2D eigenvalue weighted by atomic mass is 9.93. The molecule has 0 bridgehead atoms. The lowest BCUT2D eigenvalue weighted by Gasteiger charge is -2.32. The summed E-state index contributed by atoms with van der Waals surface area (Å²) in [5, 5.41) is 8.79. The maximum atomic E-state index is 12.7. The van der Waals surface area contributed by atoms with Crippen molar-refractivity contribution in [2.24, 2.45) is 5.92 Å². The topological polar surface area (TPSA) is 74.7 Å². The number of amides is 1. The summed E-state index contributed by atoms with van der Waals surface area (Å²) in [5.41, 5.74) is 1.52. The van der Waals surface area contributed by atoms with Gasteiger partial charge in [0.25, 0.3) is 5.91 Å². The molecule has 126 valence electrons. The largest absolute Gasteiger partial charge is 0.481 e. The third kappa shape index (κ3) is 5.46. The average Bonchev–Trinajstić information content (AvgIpc) is 2.52. The van der Waals surface area contributed by atoms with Crippen LogP contribution < -0.4 is 0 Å². The van der Waals surface area contributed by atoms with Crippen LogP contribution in [0.1, 0.15) is 41.6 Å². The Balaban J connectivity index is 2.01. The van der Waals surface area contributed by atoms with Crippen LogP contribution in [0.4, 0.5) is 0 Å². The highest BCUT2D eigenvalue weighted by atomic mass is 32.2. The van der Waals surface area contributed by atoms with Crippen molar-refractivity contribution in [1.29, 1.82) is 0 Å². The van der Waals surface area contributed by atoms with Crippen LogP contribution in [0.15, 0.2) is 24.3 Å². The Morgan fingerprint density at radius 1 is 1.39 bits per heavy atom. The zero-order valence-corrected chi connectivity index (χ0v) is 14.2. The van der Waals surface area contributed by atoms with Gasteiger partial charge in [-0.25, -0.2) is 0 Å². The van der Waals surface area contributed by atoms with E-state index in [9.17, 15) is 13.8 Å². The third-order valence-electron chi connectivity index (χ3n) is 4.12. The fraction of sp³-hybridized carbons (Fsp3) is 0.529. The van der Waals surface area contributed by atoms with E-state index in [2.05, 4.69) is 0 Å². The molecule has 2 unspecified atom stereocenters. The summed E-state index contributed by atoms with van der Waals surface area (Å²) in [5.74, 6) is -0.0971. The quantitative estimate of drug-likeness (QED) is 0.864.